The molecular weight excluding hydrogens is 268 g/mol. The molecule has 0 radical (unpaired) electrons. The lowest BCUT2D eigenvalue weighted by Gasteiger charge is -2.20. The molecule has 1 atom stereocenters. The first-order valence-corrected chi connectivity index (χ1v) is 7.14. The highest BCUT2D eigenvalue weighted by atomic mass is 16.5. The molecule has 0 aliphatic heterocycles. The Balaban J connectivity index is 2.34. The Hall–Kier alpha value is -2.04. The highest BCUT2D eigenvalue weighted by Crippen LogP contribution is 2.10. The van der Waals surface area contributed by atoms with Crippen molar-refractivity contribution in [1.82, 2.24) is 10.6 Å². The highest BCUT2D eigenvalue weighted by Gasteiger charge is 2.22. The van der Waals surface area contributed by atoms with Crippen LogP contribution >= 0.6 is 0 Å². The van der Waals surface area contributed by atoms with Gasteiger partial charge in [0.2, 0.25) is 11.8 Å². The lowest BCUT2D eigenvalue weighted by atomic mass is 10.0. The third-order valence-corrected chi connectivity index (χ3v) is 3.00. The maximum Gasteiger partial charge on any atom is 0.242 e. The summed E-state index contributed by atoms with van der Waals surface area (Å²) < 4.78 is 5.53. The highest BCUT2D eigenvalue weighted by molar-refractivity contribution is 5.86. The van der Waals surface area contributed by atoms with Gasteiger partial charge in [0.1, 0.15) is 18.4 Å². The van der Waals surface area contributed by atoms with E-state index in [-0.39, 0.29) is 17.7 Å². The second-order valence-corrected chi connectivity index (χ2v) is 5.37. The van der Waals surface area contributed by atoms with E-state index in [1.807, 2.05) is 45.0 Å². The molecule has 0 aromatic heterocycles. The van der Waals surface area contributed by atoms with E-state index in [0.29, 0.717) is 13.2 Å². The van der Waals surface area contributed by atoms with Gasteiger partial charge in [-0.15, -0.1) is 0 Å². The van der Waals surface area contributed by atoms with Crippen LogP contribution in [0.5, 0.6) is 5.75 Å². The molecule has 116 valence electrons. The SMILES string of the molecule is CC(=O)N[C@@H](C(=O)NCCOc1ccc(C)cc1)C(C)C. The Morgan fingerprint density at radius 3 is 2.33 bits per heavy atom. The summed E-state index contributed by atoms with van der Waals surface area (Å²) >= 11 is 0. The van der Waals surface area contributed by atoms with E-state index in [9.17, 15) is 9.59 Å². The monoisotopic (exact) mass is 292 g/mol. The predicted octanol–water partition coefficient (Wildman–Crippen LogP) is 1.65. The summed E-state index contributed by atoms with van der Waals surface area (Å²) in [5, 5.41) is 5.42. The van der Waals surface area contributed by atoms with Gasteiger partial charge in [0, 0.05) is 6.92 Å². The number of hydrogen-bond acceptors (Lipinski definition) is 3. The third kappa shape index (κ3) is 6.29. The molecule has 0 aliphatic carbocycles. The van der Waals surface area contributed by atoms with Crippen LogP contribution in [0, 0.1) is 12.8 Å². The average Bonchev–Trinajstić information content (AvgIpc) is 2.42. The summed E-state index contributed by atoms with van der Waals surface area (Å²) in [5.74, 6) is 0.413. The average molecular weight is 292 g/mol. The number of nitrogens with one attached hydrogen (secondary N) is 2. The fraction of sp³-hybridized carbons (Fsp3) is 0.500. The molecule has 2 N–H and O–H groups in total. The van der Waals surface area contributed by atoms with Crippen LogP contribution in [0.1, 0.15) is 26.3 Å². The molecule has 0 saturated carbocycles. The van der Waals surface area contributed by atoms with E-state index >= 15 is 0 Å². The molecule has 5 nitrogen and oxygen atoms in total. The first kappa shape index (κ1) is 17.0. The van der Waals surface area contributed by atoms with E-state index in [4.69, 9.17) is 4.74 Å². The van der Waals surface area contributed by atoms with Crippen molar-refractivity contribution in [3.8, 4) is 5.75 Å². The molecule has 2 amide bonds. The van der Waals surface area contributed by atoms with Crippen molar-refractivity contribution < 1.29 is 14.3 Å². The predicted molar refractivity (Wildman–Crippen MR) is 82.1 cm³/mol. The van der Waals surface area contributed by atoms with Crippen LogP contribution in [0.2, 0.25) is 0 Å². The summed E-state index contributed by atoms with van der Waals surface area (Å²) in [7, 11) is 0. The summed E-state index contributed by atoms with van der Waals surface area (Å²) in [6, 6.07) is 7.22. The van der Waals surface area contributed by atoms with Gasteiger partial charge in [0.25, 0.3) is 0 Å². The Bertz CT molecular complexity index is 469. The van der Waals surface area contributed by atoms with E-state index in [1.165, 1.54) is 12.5 Å². The Kier molecular flexibility index (Phi) is 6.72. The van der Waals surface area contributed by atoms with Crippen molar-refractivity contribution in [2.75, 3.05) is 13.2 Å². The molecule has 0 unspecified atom stereocenters. The van der Waals surface area contributed by atoms with Crippen LogP contribution in [0.25, 0.3) is 0 Å². The van der Waals surface area contributed by atoms with E-state index in [0.717, 1.165) is 5.75 Å². The zero-order valence-electron chi connectivity index (χ0n) is 13.1. The molecular formula is C16H24N2O3. The van der Waals surface area contributed by atoms with Gasteiger partial charge in [0.15, 0.2) is 0 Å². The van der Waals surface area contributed by atoms with E-state index in [1.54, 1.807) is 0 Å². The summed E-state index contributed by atoms with van der Waals surface area (Å²) in [6.45, 7) is 7.99. The van der Waals surface area contributed by atoms with Gasteiger partial charge >= 0.3 is 0 Å². The van der Waals surface area contributed by atoms with Gasteiger partial charge in [-0.2, -0.15) is 0 Å². The number of amides is 2. The topological polar surface area (TPSA) is 67.4 Å². The second kappa shape index (κ2) is 8.29. The molecule has 21 heavy (non-hydrogen) atoms. The second-order valence-electron chi connectivity index (χ2n) is 5.37. The van der Waals surface area contributed by atoms with E-state index in [2.05, 4.69) is 10.6 Å². The Morgan fingerprint density at radius 1 is 1.19 bits per heavy atom. The van der Waals surface area contributed by atoms with Gasteiger partial charge in [-0.1, -0.05) is 31.5 Å². The number of carbonyl (C=O) groups excluding carboxylic acids is 2. The van der Waals surface area contributed by atoms with E-state index < -0.39 is 6.04 Å². The Labute approximate surface area is 126 Å². The van der Waals surface area contributed by atoms with Crippen molar-refractivity contribution >= 4 is 11.8 Å². The van der Waals surface area contributed by atoms with Gasteiger partial charge in [-0.05, 0) is 25.0 Å². The summed E-state index contributed by atoms with van der Waals surface area (Å²) in [5.41, 5.74) is 1.17. The molecule has 0 fully saturated rings. The molecule has 0 heterocycles. The minimum absolute atomic E-state index is 0.0342. The van der Waals surface area contributed by atoms with Crippen molar-refractivity contribution in [3.63, 3.8) is 0 Å². The van der Waals surface area contributed by atoms with Crippen LogP contribution in [0.4, 0.5) is 0 Å². The van der Waals surface area contributed by atoms with Crippen molar-refractivity contribution in [3.05, 3.63) is 29.8 Å². The number of aryl methyl sites for hydroxylation is 1. The number of rotatable bonds is 7. The van der Waals surface area contributed by atoms with Crippen molar-refractivity contribution in [1.29, 1.82) is 0 Å². The van der Waals surface area contributed by atoms with Gasteiger partial charge in [0.05, 0.1) is 6.54 Å². The first-order chi connectivity index (χ1) is 9.90. The fourth-order valence-electron chi connectivity index (χ4n) is 1.84. The van der Waals surface area contributed by atoms with Crippen molar-refractivity contribution in [2.24, 2.45) is 5.92 Å². The number of hydrogen-bond donors (Lipinski definition) is 2. The van der Waals surface area contributed by atoms with Crippen LogP contribution in [0.3, 0.4) is 0 Å². The van der Waals surface area contributed by atoms with Crippen LogP contribution < -0.4 is 15.4 Å². The standard InChI is InChI=1S/C16H24N2O3/c1-11(2)15(18-13(4)19)16(20)17-9-10-21-14-7-5-12(3)6-8-14/h5-8,11,15H,9-10H2,1-4H3,(H,17,20)(H,18,19)/t15-/m1/s1. The maximum absolute atomic E-state index is 12.0. The minimum Gasteiger partial charge on any atom is -0.492 e. The summed E-state index contributed by atoms with van der Waals surface area (Å²) in [6.07, 6.45) is 0. The number of benzene rings is 1. The first-order valence-electron chi connectivity index (χ1n) is 7.14. The largest absolute Gasteiger partial charge is 0.492 e. The smallest absolute Gasteiger partial charge is 0.242 e. The van der Waals surface area contributed by atoms with Crippen LogP contribution in [-0.4, -0.2) is 31.0 Å². The minimum atomic E-state index is -0.512. The zero-order chi connectivity index (χ0) is 15.8. The molecule has 0 saturated heterocycles. The Morgan fingerprint density at radius 2 is 1.81 bits per heavy atom. The molecule has 1 aromatic carbocycles. The van der Waals surface area contributed by atoms with Crippen molar-refractivity contribution in [2.45, 2.75) is 33.7 Å². The fourth-order valence-corrected chi connectivity index (χ4v) is 1.84. The molecule has 5 heteroatoms. The molecule has 0 spiro atoms. The van der Waals surface area contributed by atoms with Gasteiger partial charge in [-0.25, -0.2) is 0 Å². The normalized spacial score (nSPS) is 11.9. The third-order valence-electron chi connectivity index (χ3n) is 3.00. The zero-order valence-corrected chi connectivity index (χ0v) is 13.1. The summed E-state index contributed by atoms with van der Waals surface area (Å²) in [4.78, 5) is 23.1. The quantitative estimate of drug-likeness (QED) is 0.751. The maximum atomic E-state index is 12.0. The number of ether oxygens (including phenoxy) is 1. The van der Waals surface area contributed by atoms with Gasteiger partial charge < -0.3 is 15.4 Å². The lowest BCUT2D eigenvalue weighted by molar-refractivity contribution is -0.129. The van der Waals surface area contributed by atoms with Gasteiger partial charge in [-0.3, -0.25) is 9.59 Å². The lowest BCUT2D eigenvalue weighted by Crippen LogP contribution is -2.49. The van der Waals surface area contributed by atoms with Crippen LogP contribution in [0.15, 0.2) is 24.3 Å². The molecule has 0 bridgehead atoms. The number of carbonyl (C=O) groups is 2. The molecule has 1 aromatic rings. The van der Waals surface area contributed by atoms with Crippen LogP contribution in [-0.2, 0) is 9.59 Å². The molecule has 1 rings (SSSR count). The molecule has 0 aliphatic rings.